The topological polar surface area (TPSA) is 50.4 Å². The molecular weight excluding hydrogens is 381 g/mol. The average molecular weight is 407 g/mol. The molecule has 0 aliphatic rings. The third kappa shape index (κ3) is 9.47. The highest BCUT2D eigenvalue weighted by Crippen LogP contribution is 2.12. The van der Waals surface area contributed by atoms with Gasteiger partial charge in [0, 0.05) is 24.6 Å². The fraction of sp³-hybridized carbons (Fsp3) is 0.533. The quantitative estimate of drug-likeness (QED) is 0.315. The standard InChI is InChI=1S/C15H25N3S.HI/c1-12(2)10-18-15(16)17-8-9-19-11-14-6-4-13(3)5-7-14;/h4-7,12H,8-11H2,1-3H3,(H3,16,17,18);1H. The van der Waals surface area contributed by atoms with Gasteiger partial charge in [-0.05, 0) is 18.4 Å². The molecule has 1 aromatic carbocycles. The number of aryl methyl sites for hydroxylation is 1. The van der Waals surface area contributed by atoms with Gasteiger partial charge in [0.1, 0.15) is 0 Å². The Morgan fingerprint density at radius 2 is 1.95 bits per heavy atom. The van der Waals surface area contributed by atoms with Gasteiger partial charge in [-0.1, -0.05) is 43.7 Å². The zero-order chi connectivity index (χ0) is 14.1. The van der Waals surface area contributed by atoms with Gasteiger partial charge in [0.05, 0.1) is 0 Å². The van der Waals surface area contributed by atoms with Crippen molar-refractivity contribution in [2.75, 3.05) is 18.8 Å². The second-order valence-corrected chi connectivity index (χ2v) is 6.19. The summed E-state index contributed by atoms with van der Waals surface area (Å²) in [7, 11) is 0. The first-order chi connectivity index (χ1) is 9.08. The van der Waals surface area contributed by atoms with E-state index in [0.29, 0.717) is 11.9 Å². The van der Waals surface area contributed by atoms with Crippen LogP contribution in [0, 0.1) is 12.8 Å². The highest BCUT2D eigenvalue weighted by atomic mass is 127. The van der Waals surface area contributed by atoms with E-state index in [-0.39, 0.29) is 24.0 Å². The number of aliphatic imine (C=N–C) groups is 1. The molecule has 114 valence electrons. The summed E-state index contributed by atoms with van der Waals surface area (Å²) in [6, 6.07) is 8.69. The normalized spacial score (nSPS) is 11.3. The Morgan fingerprint density at radius 1 is 1.30 bits per heavy atom. The van der Waals surface area contributed by atoms with Crippen molar-refractivity contribution in [3.05, 3.63) is 35.4 Å². The molecule has 0 saturated heterocycles. The molecule has 3 N–H and O–H groups in total. The van der Waals surface area contributed by atoms with Gasteiger partial charge in [-0.3, -0.25) is 4.99 Å². The van der Waals surface area contributed by atoms with E-state index in [9.17, 15) is 0 Å². The largest absolute Gasteiger partial charge is 0.370 e. The monoisotopic (exact) mass is 407 g/mol. The minimum atomic E-state index is 0. The second-order valence-electron chi connectivity index (χ2n) is 5.08. The number of rotatable bonds is 7. The van der Waals surface area contributed by atoms with E-state index >= 15 is 0 Å². The molecule has 3 nitrogen and oxygen atoms in total. The number of guanidine groups is 1. The van der Waals surface area contributed by atoms with Gasteiger partial charge in [-0.2, -0.15) is 11.8 Å². The molecule has 0 fully saturated rings. The highest BCUT2D eigenvalue weighted by Gasteiger charge is 1.96. The van der Waals surface area contributed by atoms with Crippen LogP contribution in [0.4, 0.5) is 0 Å². The van der Waals surface area contributed by atoms with Gasteiger partial charge in [0.15, 0.2) is 5.96 Å². The minimum absolute atomic E-state index is 0. The van der Waals surface area contributed by atoms with E-state index in [0.717, 1.165) is 24.6 Å². The van der Waals surface area contributed by atoms with E-state index in [1.807, 2.05) is 11.8 Å². The third-order valence-corrected chi connectivity index (χ3v) is 3.60. The Labute approximate surface area is 144 Å². The Kier molecular flexibility index (Phi) is 11.0. The molecular formula is C15H26IN3S. The molecule has 0 aliphatic carbocycles. The summed E-state index contributed by atoms with van der Waals surface area (Å²) < 4.78 is 0. The van der Waals surface area contributed by atoms with Crippen molar-refractivity contribution in [1.29, 1.82) is 0 Å². The molecule has 0 spiro atoms. The molecule has 0 atom stereocenters. The molecule has 0 aliphatic heterocycles. The van der Waals surface area contributed by atoms with Crippen molar-refractivity contribution in [3.8, 4) is 0 Å². The van der Waals surface area contributed by atoms with Gasteiger partial charge in [0.2, 0.25) is 0 Å². The van der Waals surface area contributed by atoms with E-state index in [4.69, 9.17) is 5.73 Å². The van der Waals surface area contributed by atoms with Crippen LogP contribution in [-0.4, -0.2) is 24.8 Å². The summed E-state index contributed by atoms with van der Waals surface area (Å²) in [6.07, 6.45) is 0. The van der Waals surface area contributed by atoms with E-state index in [2.05, 4.69) is 55.3 Å². The Balaban J connectivity index is 0.00000361. The molecule has 0 saturated carbocycles. The van der Waals surface area contributed by atoms with Crippen LogP contribution in [0.5, 0.6) is 0 Å². The van der Waals surface area contributed by atoms with E-state index in [1.54, 1.807) is 0 Å². The van der Waals surface area contributed by atoms with Crippen LogP contribution in [0.1, 0.15) is 25.0 Å². The fourth-order valence-corrected chi connectivity index (χ4v) is 2.28. The Morgan fingerprint density at radius 3 is 2.55 bits per heavy atom. The van der Waals surface area contributed by atoms with Crippen LogP contribution >= 0.6 is 35.7 Å². The lowest BCUT2D eigenvalue weighted by atomic mass is 10.2. The molecule has 0 amide bonds. The predicted octanol–water partition coefficient (Wildman–Crippen LogP) is 3.41. The Hall–Kier alpha value is -0.430. The molecule has 0 bridgehead atoms. The zero-order valence-electron chi connectivity index (χ0n) is 12.6. The van der Waals surface area contributed by atoms with Crippen molar-refractivity contribution in [2.45, 2.75) is 26.5 Å². The molecule has 5 heteroatoms. The summed E-state index contributed by atoms with van der Waals surface area (Å²) in [5.74, 6) is 3.19. The smallest absolute Gasteiger partial charge is 0.188 e. The van der Waals surface area contributed by atoms with Crippen LogP contribution in [0.3, 0.4) is 0 Å². The maximum absolute atomic E-state index is 5.76. The maximum Gasteiger partial charge on any atom is 0.188 e. The Bertz CT molecular complexity index is 391. The van der Waals surface area contributed by atoms with Crippen LogP contribution in [0.15, 0.2) is 29.3 Å². The summed E-state index contributed by atoms with van der Waals surface area (Å²) in [4.78, 5) is 4.26. The van der Waals surface area contributed by atoms with Gasteiger partial charge in [-0.15, -0.1) is 24.0 Å². The number of thioether (sulfide) groups is 1. The number of nitrogens with two attached hydrogens (primary N) is 1. The number of nitrogens with one attached hydrogen (secondary N) is 1. The van der Waals surface area contributed by atoms with Crippen molar-refractivity contribution in [3.63, 3.8) is 0 Å². The van der Waals surface area contributed by atoms with Crippen LogP contribution in [0.2, 0.25) is 0 Å². The molecule has 0 aromatic heterocycles. The minimum Gasteiger partial charge on any atom is -0.370 e. The lowest BCUT2D eigenvalue weighted by Crippen LogP contribution is -2.33. The van der Waals surface area contributed by atoms with Crippen LogP contribution < -0.4 is 11.1 Å². The molecule has 20 heavy (non-hydrogen) atoms. The second kappa shape index (κ2) is 11.3. The summed E-state index contributed by atoms with van der Waals surface area (Å²) in [5.41, 5.74) is 8.44. The van der Waals surface area contributed by atoms with Crippen LogP contribution in [-0.2, 0) is 5.75 Å². The zero-order valence-corrected chi connectivity index (χ0v) is 15.7. The van der Waals surface area contributed by atoms with Gasteiger partial charge >= 0.3 is 0 Å². The van der Waals surface area contributed by atoms with Crippen molar-refractivity contribution in [2.24, 2.45) is 16.6 Å². The average Bonchev–Trinajstić information content (AvgIpc) is 2.38. The highest BCUT2D eigenvalue weighted by molar-refractivity contribution is 14.0. The molecule has 1 aromatic rings. The maximum atomic E-state index is 5.76. The van der Waals surface area contributed by atoms with Gasteiger partial charge in [0.25, 0.3) is 0 Å². The fourth-order valence-electron chi connectivity index (χ4n) is 1.46. The SMILES string of the molecule is Cc1ccc(CSCCNC(N)=NCC(C)C)cc1.I. The molecule has 0 radical (unpaired) electrons. The number of benzene rings is 1. The molecule has 0 heterocycles. The third-order valence-electron chi connectivity index (χ3n) is 2.57. The number of hydrogen-bond donors (Lipinski definition) is 2. The number of hydrogen-bond acceptors (Lipinski definition) is 2. The number of halogens is 1. The molecule has 0 unspecified atom stereocenters. The summed E-state index contributed by atoms with van der Waals surface area (Å²) in [6.45, 7) is 8.03. The van der Waals surface area contributed by atoms with E-state index in [1.165, 1.54) is 11.1 Å². The van der Waals surface area contributed by atoms with Crippen LogP contribution in [0.25, 0.3) is 0 Å². The molecule has 1 rings (SSSR count). The summed E-state index contributed by atoms with van der Waals surface area (Å²) >= 11 is 1.91. The predicted molar refractivity (Wildman–Crippen MR) is 102 cm³/mol. The van der Waals surface area contributed by atoms with E-state index < -0.39 is 0 Å². The lowest BCUT2D eigenvalue weighted by molar-refractivity contribution is 0.662. The lowest BCUT2D eigenvalue weighted by Gasteiger charge is -2.07. The van der Waals surface area contributed by atoms with Crippen molar-refractivity contribution < 1.29 is 0 Å². The first-order valence-electron chi connectivity index (χ1n) is 6.75. The van der Waals surface area contributed by atoms with Gasteiger partial charge < -0.3 is 11.1 Å². The van der Waals surface area contributed by atoms with Crippen molar-refractivity contribution >= 4 is 41.7 Å². The number of nitrogens with zero attached hydrogens (tertiary/aromatic N) is 1. The first kappa shape index (κ1) is 19.6. The van der Waals surface area contributed by atoms with Gasteiger partial charge in [-0.25, -0.2) is 0 Å². The first-order valence-corrected chi connectivity index (χ1v) is 7.90. The van der Waals surface area contributed by atoms with Crippen molar-refractivity contribution in [1.82, 2.24) is 5.32 Å². The summed E-state index contributed by atoms with van der Waals surface area (Å²) in [5, 5.41) is 3.14.